The summed E-state index contributed by atoms with van der Waals surface area (Å²) in [6, 6.07) is 20.9. The second kappa shape index (κ2) is 27.1. The van der Waals surface area contributed by atoms with Gasteiger partial charge in [-0.2, -0.15) is 0 Å². The van der Waals surface area contributed by atoms with Crippen LogP contribution in [0.15, 0.2) is 79.9 Å². The SMILES string of the molecule is C=CC.C=Cc1ccccc1.CCCC(CC)c1ccccc1.CCC[CH2][Sn]([Cl])([CH2]CC)[CH2]CCC. The van der Waals surface area contributed by atoms with E-state index in [0.717, 1.165) is 5.92 Å². The molecule has 0 N–H and O–H groups in total. The predicted octanol–water partition coefficient (Wildman–Crippen LogP) is 12.7. The number of hydrogen-bond acceptors (Lipinski definition) is 0. The number of halogens is 1. The molecule has 0 aromatic heterocycles. The number of rotatable bonds is 13. The molecule has 1 atom stereocenters. The molecule has 0 saturated heterocycles. The Bertz CT molecular complexity index is 702. The third-order valence-corrected chi connectivity index (χ3v) is 21.0. The van der Waals surface area contributed by atoms with Crippen molar-refractivity contribution in [2.45, 2.75) is 112 Å². The van der Waals surface area contributed by atoms with E-state index in [2.05, 4.69) is 78.1 Å². The molecule has 0 aliphatic carbocycles. The third-order valence-electron chi connectivity index (χ3n) is 6.09. The Kier molecular flexibility index (Phi) is 27.9. The van der Waals surface area contributed by atoms with Crippen LogP contribution in [0.1, 0.15) is 110 Å². The molecule has 2 aromatic carbocycles. The average Bonchev–Trinajstić information content (AvgIpc) is 2.92. The van der Waals surface area contributed by atoms with Crippen LogP contribution in [-0.2, 0) is 0 Å². The van der Waals surface area contributed by atoms with Gasteiger partial charge in [0.1, 0.15) is 0 Å². The summed E-state index contributed by atoms with van der Waals surface area (Å²) < 4.78 is 4.23. The van der Waals surface area contributed by atoms with Crippen LogP contribution in [0.2, 0.25) is 13.3 Å². The van der Waals surface area contributed by atoms with Gasteiger partial charge in [-0.15, -0.1) is 6.58 Å². The van der Waals surface area contributed by atoms with Crippen LogP contribution >= 0.6 is 8.92 Å². The van der Waals surface area contributed by atoms with Gasteiger partial charge in [0.25, 0.3) is 0 Å². The Morgan fingerprint density at radius 2 is 1.19 bits per heavy atom. The molecular formula is C34H57ClSn. The average molecular weight is 620 g/mol. The first-order valence-electron chi connectivity index (χ1n) is 14.4. The molecule has 0 nitrogen and oxygen atoms in total. The monoisotopic (exact) mass is 620 g/mol. The minimum absolute atomic E-state index is 0.774. The van der Waals surface area contributed by atoms with Crippen molar-refractivity contribution >= 4 is 32.2 Å². The van der Waals surface area contributed by atoms with Crippen molar-refractivity contribution in [1.82, 2.24) is 0 Å². The second-order valence-corrected chi connectivity index (χ2v) is 25.7. The number of benzene rings is 2. The fourth-order valence-corrected chi connectivity index (χ4v) is 17.5. The summed E-state index contributed by atoms with van der Waals surface area (Å²) in [4.78, 5) is 0. The van der Waals surface area contributed by atoms with Crippen LogP contribution < -0.4 is 0 Å². The third kappa shape index (κ3) is 21.1. The first kappa shape index (κ1) is 37.2. The molecule has 0 amide bonds. The van der Waals surface area contributed by atoms with E-state index < -0.39 is 17.3 Å². The van der Waals surface area contributed by atoms with Crippen LogP contribution in [0, 0.1) is 0 Å². The zero-order valence-corrected chi connectivity index (χ0v) is 28.2. The summed E-state index contributed by atoms with van der Waals surface area (Å²) in [7, 11) is 6.81. The molecule has 0 radical (unpaired) electrons. The number of allylic oxidation sites excluding steroid dienone is 1. The Morgan fingerprint density at radius 1 is 0.722 bits per heavy atom. The van der Waals surface area contributed by atoms with E-state index in [4.69, 9.17) is 8.92 Å². The van der Waals surface area contributed by atoms with Crippen LogP contribution in [0.3, 0.4) is 0 Å². The normalized spacial score (nSPS) is 10.9. The van der Waals surface area contributed by atoms with E-state index in [1.165, 1.54) is 75.8 Å². The van der Waals surface area contributed by atoms with Gasteiger partial charge in [0.2, 0.25) is 0 Å². The molecule has 0 fully saturated rings. The Balaban J connectivity index is 0. The maximum absolute atomic E-state index is 6.81. The molecule has 204 valence electrons. The van der Waals surface area contributed by atoms with Crippen molar-refractivity contribution in [3.63, 3.8) is 0 Å². The van der Waals surface area contributed by atoms with Crippen LogP contribution in [0.25, 0.3) is 6.08 Å². The van der Waals surface area contributed by atoms with Crippen molar-refractivity contribution in [3.8, 4) is 0 Å². The van der Waals surface area contributed by atoms with Gasteiger partial charge < -0.3 is 0 Å². The summed E-state index contributed by atoms with van der Waals surface area (Å²) in [5.41, 5.74) is 2.68. The summed E-state index contributed by atoms with van der Waals surface area (Å²) >= 11 is -2.06. The fourth-order valence-electron chi connectivity index (χ4n) is 4.08. The van der Waals surface area contributed by atoms with E-state index in [1.807, 2.05) is 43.3 Å². The molecule has 0 heterocycles. The molecule has 2 heteroatoms. The zero-order chi connectivity index (χ0) is 27.5. The molecule has 2 aromatic rings. The molecule has 0 aliphatic rings. The van der Waals surface area contributed by atoms with E-state index in [1.54, 1.807) is 6.08 Å². The maximum atomic E-state index is 6.81. The van der Waals surface area contributed by atoms with Gasteiger partial charge >= 0.3 is 92.4 Å². The number of unbranched alkanes of at least 4 members (excludes halogenated alkanes) is 2. The topological polar surface area (TPSA) is 0 Å². The van der Waals surface area contributed by atoms with E-state index in [-0.39, 0.29) is 0 Å². The summed E-state index contributed by atoms with van der Waals surface area (Å²) in [6.45, 7) is 20.2. The summed E-state index contributed by atoms with van der Waals surface area (Å²) in [5, 5.41) is 0. The fraction of sp³-hybridized carbons (Fsp3) is 0.529. The van der Waals surface area contributed by atoms with Gasteiger partial charge in [-0.05, 0) is 36.8 Å². The van der Waals surface area contributed by atoms with E-state index in [9.17, 15) is 0 Å². The predicted molar refractivity (Wildman–Crippen MR) is 173 cm³/mol. The molecule has 0 spiro atoms. The van der Waals surface area contributed by atoms with Gasteiger partial charge in [-0.3, -0.25) is 0 Å². The molecule has 1 unspecified atom stereocenters. The van der Waals surface area contributed by atoms with Crippen LogP contribution in [0.5, 0.6) is 0 Å². The van der Waals surface area contributed by atoms with Gasteiger partial charge in [0, 0.05) is 0 Å². The zero-order valence-electron chi connectivity index (χ0n) is 24.6. The minimum atomic E-state index is -2.06. The van der Waals surface area contributed by atoms with Crippen molar-refractivity contribution in [2.75, 3.05) is 0 Å². The van der Waals surface area contributed by atoms with Crippen molar-refractivity contribution < 1.29 is 0 Å². The van der Waals surface area contributed by atoms with Gasteiger partial charge in [0.05, 0.1) is 0 Å². The molecular weight excluding hydrogens is 563 g/mol. The van der Waals surface area contributed by atoms with Gasteiger partial charge in [-0.25, -0.2) is 0 Å². The Labute approximate surface area is 234 Å². The van der Waals surface area contributed by atoms with Crippen LogP contribution in [-0.4, -0.2) is 17.3 Å². The van der Waals surface area contributed by atoms with E-state index >= 15 is 0 Å². The molecule has 2 rings (SSSR count). The second-order valence-electron chi connectivity index (χ2n) is 9.44. The quantitative estimate of drug-likeness (QED) is 0.155. The standard InChI is InChI=1S/C12H18.C8H8.2C4H9.C3H7.C3H6.ClH.Sn/c1-3-8-11(4-2)12-9-6-5-7-10-12;1-2-8-6-4-3-5-7-8;2*1-3-4-2;2*1-3-2;;/h5-7,9-11H,3-4,8H2,1-2H3;2-7H,1H2;2*1,3-4H2,2H3;1,3H2,2H3;3H,1H2,2H3;1H;/q;;;;;;;+1/p-1. The van der Waals surface area contributed by atoms with Crippen molar-refractivity contribution in [3.05, 3.63) is 91.0 Å². The summed E-state index contributed by atoms with van der Waals surface area (Å²) in [5.74, 6) is 0.774. The molecule has 36 heavy (non-hydrogen) atoms. The Morgan fingerprint density at radius 3 is 1.53 bits per heavy atom. The van der Waals surface area contributed by atoms with Crippen molar-refractivity contribution in [2.24, 2.45) is 0 Å². The first-order valence-corrected chi connectivity index (χ1v) is 24.1. The Hall–Kier alpha value is -0.991. The molecule has 0 saturated carbocycles. The van der Waals surface area contributed by atoms with Gasteiger partial charge in [0.15, 0.2) is 0 Å². The van der Waals surface area contributed by atoms with Crippen LogP contribution in [0.4, 0.5) is 0 Å². The van der Waals surface area contributed by atoms with E-state index in [0.29, 0.717) is 0 Å². The van der Waals surface area contributed by atoms with Gasteiger partial charge in [-0.1, -0.05) is 99.7 Å². The molecule has 0 bridgehead atoms. The summed E-state index contributed by atoms with van der Waals surface area (Å²) in [6.07, 6.45) is 14.2. The molecule has 0 aliphatic heterocycles. The number of hydrogen-bond donors (Lipinski definition) is 0. The first-order chi connectivity index (χ1) is 17.4. The van der Waals surface area contributed by atoms with Crippen molar-refractivity contribution in [1.29, 1.82) is 0 Å².